The summed E-state index contributed by atoms with van der Waals surface area (Å²) < 4.78 is 0. The van der Waals surface area contributed by atoms with Crippen molar-refractivity contribution in [3.05, 3.63) is 12.2 Å². The Morgan fingerprint density at radius 2 is 2.00 bits per heavy atom. The van der Waals surface area contributed by atoms with E-state index in [1.54, 1.807) is 0 Å². The van der Waals surface area contributed by atoms with E-state index >= 15 is 0 Å². The van der Waals surface area contributed by atoms with Gasteiger partial charge in [-0.15, -0.1) is 0 Å². The first-order valence-corrected chi connectivity index (χ1v) is 6.09. The summed E-state index contributed by atoms with van der Waals surface area (Å²) in [6.07, 6.45) is 14.5. The third-order valence-electron chi connectivity index (χ3n) is 3.10. The Morgan fingerprint density at radius 1 is 1.14 bits per heavy atom. The monoisotopic (exact) mass is 195 g/mol. The molecule has 0 aromatic carbocycles. The fourth-order valence-corrected chi connectivity index (χ4v) is 2.10. The van der Waals surface area contributed by atoms with Crippen LogP contribution in [0.15, 0.2) is 12.2 Å². The minimum Gasteiger partial charge on any atom is -0.309 e. The van der Waals surface area contributed by atoms with Crippen LogP contribution in [-0.4, -0.2) is 25.5 Å². The molecule has 0 saturated carbocycles. The van der Waals surface area contributed by atoms with E-state index in [9.17, 15) is 0 Å². The molecule has 0 aliphatic heterocycles. The zero-order chi connectivity index (χ0) is 10.2. The van der Waals surface area contributed by atoms with Crippen LogP contribution in [0.5, 0.6) is 0 Å². The lowest BCUT2D eigenvalue weighted by Crippen LogP contribution is -2.16. The molecule has 1 rings (SSSR count). The lowest BCUT2D eigenvalue weighted by atomic mass is 9.95. The van der Waals surface area contributed by atoms with Gasteiger partial charge in [0.05, 0.1) is 0 Å². The molecular weight excluding hydrogens is 170 g/mol. The average molecular weight is 195 g/mol. The molecule has 0 N–H and O–H groups in total. The first-order valence-electron chi connectivity index (χ1n) is 6.09. The first-order chi connectivity index (χ1) is 6.79. The molecular formula is C13H25N. The number of hydrogen-bond donors (Lipinski definition) is 0. The number of allylic oxidation sites excluding steroid dienone is 2. The van der Waals surface area contributed by atoms with Crippen LogP contribution in [0.1, 0.15) is 44.9 Å². The van der Waals surface area contributed by atoms with Crippen molar-refractivity contribution in [3.63, 3.8) is 0 Å². The van der Waals surface area contributed by atoms with E-state index in [0.29, 0.717) is 0 Å². The van der Waals surface area contributed by atoms with Gasteiger partial charge in [0.15, 0.2) is 0 Å². The fraction of sp³-hybridized carbons (Fsp3) is 0.846. The van der Waals surface area contributed by atoms with Gasteiger partial charge < -0.3 is 4.90 Å². The molecule has 0 aromatic rings. The highest BCUT2D eigenvalue weighted by Gasteiger charge is 2.08. The molecule has 0 saturated heterocycles. The summed E-state index contributed by atoms with van der Waals surface area (Å²) >= 11 is 0. The molecule has 0 amide bonds. The first kappa shape index (κ1) is 11.8. The maximum Gasteiger partial charge on any atom is -0.00221 e. The second-order valence-corrected chi connectivity index (χ2v) is 4.80. The van der Waals surface area contributed by atoms with Crippen LogP contribution in [0.3, 0.4) is 0 Å². The lowest BCUT2D eigenvalue weighted by Gasteiger charge is -2.17. The van der Waals surface area contributed by atoms with Crippen LogP contribution >= 0.6 is 0 Å². The van der Waals surface area contributed by atoms with Crippen molar-refractivity contribution < 1.29 is 0 Å². The van der Waals surface area contributed by atoms with Crippen molar-refractivity contribution in [3.8, 4) is 0 Å². The van der Waals surface area contributed by atoms with E-state index in [1.165, 1.54) is 51.5 Å². The summed E-state index contributed by atoms with van der Waals surface area (Å²) in [5.41, 5.74) is 0. The number of rotatable bonds is 3. The molecule has 82 valence electrons. The summed E-state index contributed by atoms with van der Waals surface area (Å²) in [5.74, 6) is 0.937. The molecule has 1 unspecified atom stereocenters. The number of hydrogen-bond acceptors (Lipinski definition) is 1. The minimum atomic E-state index is 0.937. The van der Waals surface area contributed by atoms with Gasteiger partial charge in [-0.3, -0.25) is 0 Å². The Labute approximate surface area is 89.2 Å². The Balaban J connectivity index is 2.25. The van der Waals surface area contributed by atoms with Crippen LogP contribution in [0, 0.1) is 5.92 Å². The van der Waals surface area contributed by atoms with Crippen molar-refractivity contribution in [2.24, 2.45) is 5.92 Å². The van der Waals surface area contributed by atoms with E-state index in [2.05, 4.69) is 31.1 Å². The van der Waals surface area contributed by atoms with Crippen LogP contribution in [-0.2, 0) is 0 Å². The predicted molar refractivity (Wildman–Crippen MR) is 63.5 cm³/mol. The van der Waals surface area contributed by atoms with Crippen molar-refractivity contribution in [2.45, 2.75) is 44.9 Å². The highest BCUT2D eigenvalue weighted by Crippen LogP contribution is 2.20. The maximum atomic E-state index is 2.41. The zero-order valence-corrected chi connectivity index (χ0v) is 9.84. The number of nitrogens with zero attached hydrogens (tertiary/aromatic N) is 1. The minimum absolute atomic E-state index is 0.937. The maximum absolute atomic E-state index is 2.41. The van der Waals surface area contributed by atoms with Gasteiger partial charge in [0, 0.05) is 0 Å². The van der Waals surface area contributed by atoms with Gasteiger partial charge in [-0.2, -0.15) is 0 Å². The summed E-state index contributed by atoms with van der Waals surface area (Å²) in [6, 6.07) is 0. The Morgan fingerprint density at radius 3 is 2.79 bits per heavy atom. The predicted octanol–water partition coefficient (Wildman–Crippen LogP) is 3.46. The van der Waals surface area contributed by atoms with Crippen molar-refractivity contribution in [1.82, 2.24) is 4.90 Å². The SMILES string of the molecule is CN(C)CCC1C/C=C\CCCCC1. The van der Waals surface area contributed by atoms with Crippen molar-refractivity contribution >= 4 is 0 Å². The van der Waals surface area contributed by atoms with E-state index in [1.807, 2.05) is 0 Å². The van der Waals surface area contributed by atoms with Crippen molar-refractivity contribution in [2.75, 3.05) is 20.6 Å². The van der Waals surface area contributed by atoms with Gasteiger partial charge in [0.2, 0.25) is 0 Å². The quantitative estimate of drug-likeness (QED) is 0.623. The molecule has 0 radical (unpaired) electrons. The normalized spacial score (nSPS) is 26.6. The molecule has 1 heteroatoms. The van der Waals surface area contributed by atoms with Crippen LogP contribution in [0.25, 0.3) is 0 Å². The lowest BCUT2D eigenvalue weighted by molar-refractivity contribution is 0.335. The molecule has 1 atom stereocenters. The fourth-order valence-electron chi connectivity index (χ4n) is 2.10. The summed E-state index contributed by atoms with van der Waals surface area (Å²) in [7, 11) is 4.34. The zero-order valence-electron chi connectivity index (χ0n) is 9.84. The third kappa shape index (κ3) is 5.43. The molecule has 0 aromatic heterocycles. The van der Waals surface area contributed by atoms with E-state index in [0.717, 1.165) is 5.92 Å². The van der Waals surface area contributed by atoms with Gasteiger partial charge in [0.25, 0.3) is 0 Å². The van der Waals surface area contributed by atoms with E-state index in [4.69, 9.17) is 0 Å². The second kappa shape index (κ2) is 7.05. The molecule has 0 spiro atoms. The van der Waals surface area contributed by atoms with E-state index in [-0.39, 0.29) is 0 Å². The smallest absolute Gasteiger partial charge is 0.00221 e. The van der Waals surface area contributed by atoms with Gasteiger partial charge in [0.1, 0.15) is 0 Å². The van der Waals surface area contributed by atoms with Crippen LogP contribution in [0.4, 0.5) is 0 Å². The topological polar surface area (TPSA) is 3.24 Å². The second-order valence-electron chi connectivity index (χ2n) is 4.80. The van der Waals surface area contributed by atoms with Crippen molar-refractivity contribution in [1.29, 1.82) is 0 Å². The summed E-state index contributed by atoms with van der Waals surface area (Å²) in [4.78, 5) is 2.30. The van der Waals surface area contributed by atoms with Gasteiger partial charge in [-0.05, 0) is 52.2 Å². The van der Waals surface area contributed by atoms with Gasteiger partial charge in [-0.1, -0.05) is 31.4 Å². The Bertz CT molecular complexity index is 161. The van der Waals surface area contributed by atoms with Gasteiger partial charge >= 0.3 is 0 Å². The van der Waals surface area contributed by atoms with Crippen LogP contribution < -0.4 is 0 Å². The third-order valence-corrected chi connectivity index (χ3v) is 3.10. The molecule has 14 heavy (non-hydrogen) atoms. The summed E-state index contributed by atoms with van der Waals surface area (Å²) in [5, 5.41) is 0. The van der Waals surface area contributed by atoms with Crippen LogP contribution in [0.2, 0.25) is 0 Å². The highest BCUT2D eigenvalue weighted by atomic mass is 15.0. The molecule has 0 heterocycles. The Hall–Kier alpha value is -0.300. The molecule has 1 aliphatic carbocycles. The standard InChI is InChI=1S/C13H25N/c1-14(2)12-11-13-9-7-5-3-4-6-8-10-13/h5,7,13H,3-4,6,8-12H2,1-2H3/b7-5-. The van der Waals surface area contributed by atoms with Gasteiger partial charge in [-0.25, -0.2) is 0 Å². The average Bonchev–Trinajstić information content (AvgIpc) is 2.27. The molecule has 1 aliphatic rings. The molecule has 1 nitrogen and oxygen atoms in total. The van der Waals surface area contributed by atoms with E-state index < -0.39 is 0 Å². The highest BCUT2D eigenvalue weighted by molar-refractivity contribution is 4.85. The summed E-state index contributed by atoms with van der Waals surface area (Å²) in [6.45, 7) is 1.25. The molecule has 0 fully saturated rings. The Kier molecular flexibility index (Phi) is 5.93. The largest absolute Gasteiger partial charge is 0.309 e. The molecule has 0 bridgehead atoms.